The van der Waals surface area contributed by atoms with Crippen LogP contribution in [0.25, 0.3) is 10.2 Å². The van der Waals surface area contributed by atoms with E-state index >= 15 is 0 Å². The molecule has 0 aliphatic heterocycles. The number of nitrogens with two attached hydrogens (primary N) is 1. The number of anilines is 1. The van der Waals surface area contributed by atoms with Crippen LogP contribution in [0.4, 0.5) is 5.69 Å². The lowest BCUT2D eigenvalue weighted by atomic mass is 10.2. The fourth-order valence-electron chi connectivity index (χ4n) is 1.95. The van der Waals surface area contributed by atoms with Crippen LogP contribution >= 0.6 is 11.3 Å². The van der Waals surface area contributed by atoms with E-state index in [0.717, 1.165) is 29.0 Å². The molecule has 2 N–H and O–H groups in total. The summed E-state index contributed by atoms with van der Waals surface area (Å²) >= 11 is 1.60. The van der Waals surface area contributed by atoms with Crippen molar-refractivity contribution >= 4 is 27.2 Å². The third-order valence-corrected chi connectivity index (χ3v) is 3.80. The van der Waals surface area contributed by atoms with E-state index in [0.29, 0.717) is 5.69 Å². The molecule has 0 spiro atoms. The molecule has 0 radical (unpaired) electrons. The van der Waals surface area contributed by atoms with Gasteiger partial charge in [0.1, 0.15) is 17.0 Å². The minimum atomic E-state index is 0.669. The van der Waals surface area contributed by atoms with Gasteiger partial charge in [-0.1, -0.05) is 32.6 Å². The van der Waals surface area contributed by atoms with Gasteiger partial charge in [0.15, 0.2) is 0 Å². The Morgan fingerprint density at radius 2 is 2.06 bits per heavy atom. The molecule has 0 aliphatic rings. The molecular formula is C14H20N2OS. The quantitative estimate of drug-likeness (QED) is 0.601. The van der Waals surface area contributed by atoms with Crippen LogP contribution in [0, 0.1) is 0 Å². The van der Waals surface area contributed by atoms with Gasteiger partial charge in [0, 0.05) is 0 Å². The molecule has 1 heterocycles. The molecule has 2 aromatic rings. The number of rotatable bonds is 7. The largest absolute Gasteiger partial charge is 0.491 e. The number of unbranched alkanes of at least 4 members (excludes halogenated alkanes) is 4. The zero-order valence-corrected chi connectivity index (χ0v) is 11.6. The average Bonchev–Trinajstić information content (AvgIpc) is 2.85. The van der Waals surface area contributed by atoms with Crippen LogP contribution in [0.5, 0.6) is 5.75 Å². The van der Waals surface area contributed by atoms with Gasteiger partial charge in [0.05, 0.1) is 16.8 Å². The van der Waals surface area contributed by atoms with Crippen molar-refractivity contribution in [3.8, 4) is 5.75 Å². The van der Waals surface area contributed by atoms with Gasteiger partial charge in [-0.2, -0.15) is 0 Å². The zero-order valence-electron chi connectivity index (χ0n) is 10.8. The summed E-state index contributed by atoms with van der Waals surface area (Å²) in [6.07, 6.45) is 6.20. The summed E-state index contributed by atoms with van der Waals surface area (Å²) in [5.74, 6) is 0.767. The standard InChI is InChI=1S/C14H20N2OS/c1-2-3-4-5-6-9-17-11-7-8-12-14(13(11)15)16-10-18-12/h7-8,10H,2-6,9,15H2,1H3. The summed E-state index contributed by atoms with van der Waals surface area (Å²) in [5.41, 5.74) is 9.39. The molecule has 0 saturated heterocycles. The predicted molar refractivity (Wildman–Crippen MR) is 78.3 cm³/mol. The van der Waals surface area contributed by atoms with Crippen molar-refractivity contribution < 1.29 is 4.74 Å². The second-order valence-corrected chi connectivity index (χ2v) is 5.33. The van der Waals surface area contributed by atoms with Crippen molar-refractivity contribution in [2.24, 2.45) is 0 Å². The molecule has 0 fully saturated rings. The Morgan fingerprint density at radius 1 is 1.22 bits per heavy atom. The predicted octanol–water partition coefficient (Wildman–Crippen LogP) is 4.23. The number of aromatic nitrogens is 1. The van der Waals surface area contributed by atoms with Crippen LogP contribution in [-0.2, 0) is 0 Å². The fraction of sp³-hybridized carbons (Fsp3) is 0.500. The highest BCUT2D eigenvalue weighted by molar-refractivity contribution is 7.16. The monoisotopic (exact) mass is 264 g/mol. The normalized spacial score (nSPS) is 10.9. The van der Waals surface area contributed by atoms with Gasteiger partial charge in [-0.05, 0) is 18.6 Å². The van der Waals surface area contributed by atoms with Gasteiger partial charge >= 0.3 is 0 Å². The first-order valence-corrected chi connectivity index (χ1v) is 7.45. The maximum absolute atomic E-state index is 6.05. The average molecular weight is 264 g/mol. The van der Waals surface area contributed by atoms with Crippen LogP contribution < -0.4 is 10.5 Å². The maximum Gasteiger partial charge on any atom is 0.144 e. The van der Waals surface area contributed by atoms with Crippen LogP contribution in [0.15, 0.2) is 17.6 Å². The second kappa shape index (κ2) is 6.59. The minimum absolute atomic E-state index is 0.669. The summed E-state index contributed by atoms with van der Waals surface area (Å²) < 4.78 is 6.85. The van der Waals surface area contributed by atoms with Crippen LogP contribution in [-0.4, -0.2) is 11.6 Å². The fourth-order valence-corrected chi connectivity index (χ4v) is 2.64. The Labute approximate surface area is 112 Å². The highest BCUT2D eigenvalue weighted by Gasteiger charge is 2.07. The van der Waals surface area contributed by atoms with E-state index in [1.54, 1.807) is 11.3 Å². The molecule has 0 aliphatic carbocycles. The summed E-state index contributed by atoms with van der Waals surface area (Å²) in [6.45, 7) is 2.96. The van der Waals surface area contributed by atoms with Crippen molar-refractivity contribution in [1.29, 1.82) is 0 Å². The van der Waals surface area contributed by atoms with Crippen LogP contribution in [0.3, 0.4) is 0 Å². The van der Waals surface area contributed by atoms with Crippen molar-refractivity contribution in [3.63, 3.8) is 0 Å². The molecule has 0 amide bonds. The number of hydrogen-bond donors (Lipinski definition) is 1. The number of fused-ring (bicyclic) bond motifs is 1. The summed E-state index contributed by atoms with van der Waals surface area (Å²) in [4.78, 5) is 4.26. The van der Waals surface area contributed by atoms with E-state index in [9.17, 15) is 0 Å². The van der Waals surface area contributed by atoms with Gasteiger partial charge in [-0.25, -0.2) is 4.98 Å². The smallest absolute Gasteiger partial charge is 0.144 e. The van der Waals surface area contributed by atoms with Gasteiger partial charge < -0.3 is 10.5 Å². The van der Waals surface area contributed by atoms with Crippen LogP contribution in [0.1, 0.15) is 39.0 Å². The third kappa shape index (κ3) is 3.13. The van der Waals surface area contributed by atoms with Crippen molar-refractivity contribution in [2.45, 2.75) is 39.0 Å². The Hall–Kier alpha value is -1.29. The highest BCUT2D eigenvalue weighted by Crippen LogP contribution is 2.31. The molecule has 4 heteroatoms. The molecule has 18 heavy (non-hydrogen) atoms. The van der Waals surface area contributed by atoms with E-state index < -0.39 is 0 Å². The SMILES string of the molecule is CCCCCCCOc1ccc2scnc2c1N. The Morgan fingerprint density at radius 3 is 2.89 bits per heavy atom. The number of nitrogen functional groups attached to an aromatic ring is 1. The second-order valence-electron chi connectivity index (χ2n) is 4.44. The number of hydrogen-bond acceptors (Lipinski definition) is 4. The summed E-state index contributed by atoms with van der Waals surface area (Å²) in [6, 6.07) is 3.97. The Balaban J connectivity index is 1.86. The molecule has 98 valence electrons. The van der Waals surface area contributed by atoms with E-state index in [-0.39, 0.29) is 0 Å². The van der Waals surface area contributed by atoms with Crippen molar-refractivity contribution in [3.05, 3.63) is 17.6 Å². The Bertz CT molecular complexity index is 495. The number of nitrogens with zero attached hydrogens (tertiary/aromatic N) is 1. The molecule has 2 rings (SSSR count). The first kappa shape index (κ1) is 13.1. The topological polar surface area (TPSA) is 48.1 Å². The minimum Gasteiger partial charge on any atom is -0.491 e. The van der Waals surface area contributed by atoms with Crippen LogP contribution in [0.2, 0.25) is 0 Å². The van der Waals surface area contributed by atoms with E-state index in [1.807, 2.05) is 17.6 Å². The van der Waals surface area contributed by atoms with Gasteiger partial charge in [0.25, 0.3) is 0 Å². The summed E-state index contributed by atoms with van der Waals surface area (Å²) in [7, 11) is 0. The van der Waals surface area contributed by atoms with Crippen molar-refractivity contribution in [1.82, 2.24) is 4.98 Å². The first-order valence-electron chi connectivity index (χ1n) is 6.57. The van der Waals surface area contributed by atoms with Gasteiger partial charge in [-0.15, -0.1) is 11.3 Å². The van der Waals surface area contributed by atoms with E-state index in [4.69, 9.17) is 10.5 Å². The van der Waals surface area contributed by atoms with E-state index in [2.05, 4.69) is 11.9 Å². The number of thiazole rings is 1. The molecule has 1 aromatic heterocycles. The maximum atomic E-state index is 6.05. The lowest BCUT2D eigenvalue weighted by molar-refractivity contribution is 0.306. The molecule has 3 nitrogen and oxygen atoms in total. The Kier molecular flexibility index (Phi) is 4.81. The van der Waals surface area contributed by atoms with Gasteiger partial charge in [-0.3, -0.25) is 0 Å². The van der Waals surface area contributed by atoms with Gasteiger partial charge in [0.2, 0.25) is 0 Å². The lowest BCUT2D eigenvalue weighted by Gasteiger charge is -2.08. The molecular weight excluding hydrogens is 244 g/mol. The molecule has 0 saturated carbocycles. The number of ether oxygens (including phenoxy) is 1. The first-order chi connectivity index (χ1) is 8.83. The third-order valence-electron chi connectivity index (χ3n) is 3.01. The molecule has 0 bridgehead atoms. The van der Waals surface area contributed by atoms with Crippen molar-refractivity contribution in [2.75, 3.05) is 12.3 Å². The lowest BCUT2D eigenvalue weighted by Crippen LogP contribution is -2.00. The zero-order chi connectivity index (χ0) is 12.8. The number of benzene rings is 1. The highest BCUT2D eigenvalue weighted by atomic mass is 32.1. The molecule has 0 atom stereocenters. The van der Waals surface area contributed by atoms with E-state index in [1.165, 1.54) is 25.7 Å². The summed E-state index contributed by atoms with van der Waals surface area (Å²) in [5, 5.41) is 0. The molecule has 0 unspecified atom stereocenters. The molecule has 1 aromatic carbocycles.